The van der Waals surface area contributed by atoms with Crippen LogP contribution in [0.5, 0.6) is 0 Å². The third-order valence-electron chi connectivity index (χ3n) is 10.2. The van der Waals surface area contributed by atoms with Crippen molar-refractivity contribution in [2.75, 3.05) is 45.8 Å². The van der Waals surface area contributed by atoms with Crippen LogP contribution in [-0.4, -0.2) is 61.7 Å². The molecule has 2 aliphatic rings. The van der Waals surface area contributed by atoms with Crippen LogP contribution in [-0.2, 0) is 23.7 Å². The van der Waals surface area contributed by atoms with Crippen LogP contribution in [0.25, 0.3) is 0 Å². The molecule has 4 N–H and O–H groups in total. The van der Waals surface area contributed by atoms with Crippen molar-refractivity contribution in [1.82, 2.24) is 9.80 Å². The lowest BCUT2D eigenvalue weighted by Gasteiger charge is -2.32. The Balaban J connectivity index is 1.23. The zero-order valence-electron chi connectivity index (χ0n) is 26.1. The van der Waals surface area contributed by atoms with E-state index in [0.717, 1.165) is 44.8 Å². The van der Waals surface area contributed by atoms with Crippen molar-refractivity contribution in [3.05, 3.63) is 70.8 Å². The maximum Gasteiger partial charge on any atom is 0.00514 e. The van der Waals surface area contributed by atoms with E-state index in [2.05, 4.69) is 86.0 Å². The Morgan fingerprint density at radius 1 is 0.650 bits per heavy atom. The summed E-state index contributed by atoms with van der Waals surface area (Å²) in [5, 5.41) is 0. The van der Waals surface area contributed by atoms with E-state index >= 15 is 0 Å². The largest absolute Gasteiger partial charge is 0.330 e. The summed E-state index contributed by atoms with van der Waals surface area (Å²) < 4.78 is 0. The third kappa shape index (κ3) is 9.14. The fourth-order valence-electron chi connectivity index (χ4n) is 6.58. The van der Waals surface area contributed by atoms with Gasteiger partial charge >= 0.3 is 0 Å². The highest BCUT2D eigenvalue weighted by atomic mass is 15.1. The zero-order chi connectivity index (χ0) is 28.6. The molecule has 0 saturated carbocycles. The number of likely N-dealkylation sites (tertiary alicyclic amines) is 2. The third-order valence-corrected chi connectivity index (χ3v) is 10.2. The minimum atomic E-state index is 0.161. The van der Waals surface area contributed by atoms with E-state index in [9.17, 15) is 0 Å². The van der Waals surface area contributed by atoms with Gasteiger partial charge in [-0.15, -0.1) is 0 Å². The lowest BCUT2D eigenvalue weighted by atomic mass is 9.72. The minimum Gasteiger partial charge on any atom is -0.330 e. The quantitative estimate of drug-likeness (QED) is 0.328. The van der Waals surface area contributed by atoms with Crippen molar-refractivity contribution in [3.63, 3.8) is 0 Å². The van der Waals surface area contributed by atoms with Gasteiger partial charge in [0.15, 0.2) is 0 Å². The van der Waals surface area contributed by atoms with E-state index in [1.807, 2.05) is 0 Å². The predicted octanol–water partition coefficient (Wildman–Crippen LogP) is 6.29. The number of hydrogen-bond acceptors (Lipinski definition) is 4. The molecule has 40 heavy (non-hydrogen) atoms. The van der Waals surface area contributed by atoms with Crippen LogP contribution in [0.3, 0.4) is 0 Å². The van der Waals surface area contributed by atoms with Crippen LogP contribution < -0.4 is 11.5 Å². The maximum absolute atomic E-state index is 6.16. The average molecular weight is 547 g/mol. The van der Waals surface area contributed by atoms with Crippen LogP contribution in [0.4, 0.5) is 0 Å². The van der Waals surface area contributed by atoms with Gasteiger partial charge in [0.2, 0.25) is 0 Å². The first-order valence-electron chi connectivity index (χ1n) is 16.2. The van der Waals surface area contributed by atoms with Crippen LogP contribution in [0, 0.1) is 5.92 Å². The lowest BCUT2D eigenvalue weighted by molar-refractivity contribution is 0.189. The molecular weight excluding hydrogens is 488 g/mol. The molecule has 0 bridgehead atoms. The van der Waals surface area contributed by atoms with Gasteiger partial charge in [-0.3, -0.25) is 0 Å². The van der Waals surface area contributed by atoms with Crippen molar-refractivity contribution < 1.29 is 0 Å². The van der Waals surface area contributed by atoms with E-state index in [1.165, 1.54) is 87.0 Å². The number of piperidine rings is 1. The van der Waals surface area contributed by atoms with Gasteiger partial charge in [-0.1, -0.05) is 76.2 Å². The Bertz CT molecular complexity index is 1000. The standard InChI is InChI=1S/C36H58N4/c1-35(2,32-11-7-29(8-12-32)15-23-39-22-5-6-34(38)19-27-39)20-21-36(3,4)33-13-9-30(10-14-33)16-24-40-25-17-31(28-37)18-26-40/h7-14,31,34H,5-6,15-28,37-38H2,1-4H3. The molecule has 2 aromatic rings. The number of rotatable bonds is 12. The van der Waals surface area contributed by atoms with Gasteiger partial charge in [0, 0.05) is 19.1 Å². The van der Waals surface area contributed by atoms with Crippen LogP contribution in [0.2, 0.25) is 0 Å². The molecule has 4 nitrogen and oxygen atoms in total. The number of hydrogen-bond donors (Lipinski definition) is 2. The van der Waals surface area contributed by atoms with Crippen LogP contribution in [0.1, 0.15) is 94.9 Å². The lowest BCUT2D eigenvalue weighted by Crippen LogP contribution is -2.37. The monoisotopic (exact) mass is 546 g/mol. The van der Waals surface area contributed by atoms with Crippen molar-refractivity contribution in [1.29, 1.82) is 0 Å². The van der Waals surface area contributed by atoms with Gasteiger partial charge < -0.3 is 21.3 Å². The van der Waals surface area contributed by atoms with E-state index < -0.39 is 0 Å². The summed E-state index contributed by atoms with van der Waals surface area (Å²) in [4.78, 5) is 5.22. The molecule has 2 fully saturated rings. The summed E-state index contributed by atoms with van der Waals surface area (Å²) in [5.41, 5.74) is 18.2. The molecule has 4 rings (SSSR count). The predicted molar refractivity (Wildman–Crippen MR) is 172 cm³/mol. The molecule has 0 radical (unpaired) electrons. The Labute approximate surface area is 245 Å². The van der Waals surface area contributed by atoms with Crippen molar-refractivity contribution in [2.24, 2.45) is 17.4 Å². The maximum atomic E-state index is 6.16. The first kappa shape index (κ1) is 31.2. The van der Waals surface area contributed by atoms with E-state index in [0.29, 0.717) is 6.04 Å². The molecule has 2 aromatic carbocycles. The fraction of sp³-hybridized carbons (Fsp3) is 0.667. The average Bonchev–Trinajstić information content (AvgIpc) is 3.18. The smallest absolute Gasteiger partial charge is 0.00514 e. The molecule has 4 heteroatoms. The van der Waals surface area contributed by atoms with E-state index in [1.54, 1.807) is 0 Å². The summed E-state index contributed by atoms with van der Waals surface area (Å²) in [7, 11) is 0. The molecule has 222 valence electrons. The highest BCUT2D eigenvalue weighted by Crippen LogP contribution is 2.36. The second kappa shape index (κ2) is 14.4. The Hall–Kier alpha value is -1.72. The van der Waals surface area contributed by atoms with Crippen LogP contribution >= 0.6 is 0 Å². The topological polar surface area (TPSA) is 58.5 Å². The SMILES string of the molecule is CC(C)(CCC(C)(C)c1ccc(CCN2CCC(CN)CC2)cc1)c1ccc(CCN2CCCC(N)CC2)cc1. The molecule has 2 aliphatic heterocycles. The highest BCUT2D eigenvalue weighted by Gasteiger charge is 2.27. The Morgan fingerprint density at radius 2 is 1.10 bits per heavy atom. The summed E-state index contributed by atoms with van der Waals surface area (Å²) >= 11 is 0. The highest BCUT2D eigenvalue weighted by molar-refractivity contribution is 5.31. The summed E-state index contributed by atoms with van der Waals surface area (Å²) in [6, 6.07) is 19.4. The van der Waals surface area contributed by atoms with E-state index in [-0.39, 0.29) is 10.8 Å². The zero-order valence-corrected chi connectivity index (χ0v) is 26.1. The Morgan fingerprint density at radius 3 is 1.57 bits per heavy atom. The van der Waals surface area contributed by atoms with Gasteiger partial charge in [-0.2, -0.15) is 0 Å². The molecular formula is C36H58N4. The first-order chi connectivity index (χ1) is 19.1. The first-order valence-corrected chi connectivity index (χ1v) is 16.2. The van der Waals surface area contributed by atoms with Gasteiger partial charge in [-0.05, 0) is 130 Å². The molecule has 0 spiro atoms. The van der Waals surface area contributed by atoms with Crippen molar-refractivity contribution >= 4 is 0 Å². The molecule has 1 atom stereocenters. The molecule has 2 saturated heterocycles. The number of benzene rings is 2. The fourth-order valence-corrected chi connectivity index (χ4v) is 6.58. The van der Waals surface area contributed by atoms with Gasteiger partial charge in [0.25, 0.3) is 0 Å². The minimum absolute atomic E-state index is 0.161. The second-order valence-corrected chi connectivity index (χ2v) is 14.2. The van der Waals surface area contributed by atoms with E-state index in [4.69, 9.17) is 11.5 Å². The molecule has 2 heterocycles. The number of nitrogens with zero attached hydrogens (tertiary/aromatic N) is 2. The Kier molecular flexibility index (Phi) is 11.3. The molecule has 1 unspecified atom stereocenters. The molecule has 0 aromatic heterocycles. The summed E-state index contributed by atoms with van der Waals surface area (Å²) in [5.74, 6) is 0.738. The van der Waals surface area contributed by atoms with Crippen LogP contribution in [0.15, 0.2) is 48.5 Å². The van der Waals surface area contributed by atoms with Gasteiger partial charge in [0.1, 0.15) is 0 Å². The molecule has 0 amide bonds. The second-order valence-electron chi connectivity index (χ2n) is 14.2. The van der Waals surface area contributed by atoms with Gasteiger partial charge in [-0.25, -0.2) is 0 Å². The van der Waals surface area contributed by atoms with Crippen molar-refractivity contribution in [2.45, 2.75) is 102 Å². The summed E-state index contributed by atoms with van der Waals surface area (Å²) in [6.07, 6.45) is 10.7. The molecule has 0 aliphatic carbocycles. The number of nitrogens with two attached hydrogens (primary N) is 2. The normalized spacial score (nSPS) is 20.5. The summed E-state index contributed by atoms with van der Waals surface area (Å²) in [6.45, 7) is 17.6. The van der Waals surface area contributed by atoms with Crippen molar-refractivity contribution in [3.8, 4) is 0 Å². The van der Waals surface area contributed by atoms with Gasteiger partial charge in [0.05, 0.1) is 0 Å².